The summed E-state index contributed by atoms with van der Waals surface area (Å²) in [6.07, 6.45) is 1.70. The molecule has 2 rings (SSSR count). The fourth-order valence-corrected chi connectivity index (χ4v) is 2.08. The average molecular weight is 281 g/mol. The number of anilines is 1. The van der Waals surface area contributed by atoms with Gasteiger partial charge >= 0.3 is 0 Å². The molecule has 0 unspecified atom stereocenters. The minimum Gasteiger partial charge on any atom is -0.394 e. The number of hydrogen-bond donors (Lipinski definition) is 2. The molecule has 102 valence electrons. The Hall–Kier alpha value is -1.59. The molecule has 0 atom stereocenters. The molecule has 2 aromatic heterocycles. The second-order valence-corrected chi connectivity index (χ2v) is 4.71. The summed E-state index contributed by atoms with van der Waals surface area (Å²) in [5.74, 6) is 0. The fraction of sp³-hybridized carbons (Fsp3) is 0.385. The van der Waals surface area contributed by atoms with E-state index in [4.69, 9.17) is 16.7 Å². The third-order valence-corrected chi connectivity index (χ3v) is 3.26. The second kappa shape index (κ2) is 6.04. The first kappa shape index (κ1) is 13.8. The van der Waals surface area contributed by atoms with E-state index in [1.165, 1.54) is 0 Å². The average Bonchev–Trinajstić information content (AvgIpc) is 2.65. The Labute approximate surface area is 117 Å². The van der Waals surface area contributed by atoms with Crippen LogP contribution in [0.15, 0.2) is 18.3 Å². The minimum atomic E-state index is 0.0932. The lowest BCUT2D eigenvalue weighted by molar-refractivity contribution is 0.268. The van der Waals surface area contributed by atoms with Crippen LogP contribution in [0.4, 0.5) is 5.69 Å². The van der Waals surface area contributed by atoms with Crippen molar-refractivity contribution in [3.8, 4) is 0 Å². The van der Waals surface area contributed by atoms with Crippen molar-refractivity contribution in [2.45, 2.75) is 26.9 Å². The first-order valence-corrected chi connectivity index (χ1v) is 6.48. The number of aliphatic hydroxyl groups excluding tert-OH is 1. The van der Waals surface area contributed by atoms with E-state index >= 15 is 0 Å². The lowest BCUT2D eigenvalue weighted by Crippen LogP contribution is -2.07. The van der Waals surface area contributed by atoms with Gasteiger partial charge in [0.25, 0.3) is 0 Å². The van der Waals surface area contributed by atoms with Crippen molar-refractivity contribution in [1.29, 1.82) is 0 Å². The van der Waals surface area contributed by atoms with Gasteiger partial charge < -0.3 is 10.4 Å². The first-order valence-electron chi connectivity index (χ1n) is 6.11. The predicted octanol–water partition coefficient (Wildman–Crippen LogP) is 2.15. The topological polar surface area (TPSA) is 63.0 Å². The Kier molecular flexibility index (Phi) is 4.39. The molecular formula is C13H17ClN4O. The Morgan fingerprint density at radius 2 is 2.16 bits per heavy atom. The van der Waals surface area contributed by atoms with E-state index in [1.54, 1.807) is 12.3 Å². The minimum absolute atomic E-state index is 0.0932. The van der Waals surface area contributed by atoms with Crippen molar-refractivity contribution >= 4 is 17.3 Å². The summed E-state index contributed by atoms with van der Waals surface area (Å²) in [6.45, 7) is 5.27. The number of aliphatic hydroxyl groups is 1. The third kappa shape index (κ3) is 3.24. The summed E-state index contributed by atoms with van der Waals surface area (Å²) in [4.78, 5) is 4.02. The zero-order valence-electron chi connectivity index (χ0n) is 11.0. The van der Waals surface area contributed by atoms with Gasteiger partial charge in [-0.3, -0.25) is 4.68 Å². The van der Waals surface area contributed by atoms with E-state index in [0.29, 0.717) is 18.2 Å². The number of halogens is 1. The fourth-order valence-electron chi connectivity index (χ4n) is 1.97. The van der Waals surface area contributed by atoms with Gasteiger partial charge in [0, 0.05) is 17.8 Å². The maximum absolute atomic E-state index is 8.98. The van der Waals surface area contributed by atoms with Crippen molar-refractivity contribution in [1.82, 2.24) is 14.8 Å². The zero-order valence-corrected chi connectivity index (χ0v) is 11.8. The van der Waals surface area contributed by atoms with E-state index in [9.17, 15) is 0 Å². The molecule has 2 aromatic rings. The summed E-state index contributed by atoms with van der Waals surface area (Å²) in [5.41, 5.74) is 4.10. The van der Waals surface area contributed by atoms with Crippen molar-refractivity contribution in [3.05, 3.63) is 40.4 Å². The molecule has 0 fully saturated rings. The van der Waals surface area contributed by atoms with E-state index in [2.05, 4.69) is 15.4 Å². The highest BCUT2D eigenvalue weighted by molar-refractivity contribution is 6.29. The molecule has 0 aliphatic rings. The van der Waals surface area contributed by atoms with Gasteiger partial charge in [-0.25, -0.2) is 4.98 Å². The molecule has 2 N–H and O–H groups in total. The maximum atomic E-state index is 8.98. The Morgan fingerprint density at radius 1 is 1.37 bits per heavy atom. The molecule has 19 heavy (non-hydrogen) atoms. The lowest BCUT2D eigenvalue weighted by atomic mass is 10.2. The lowest BCUT2D eigenvalue weighted by Gasteiger charge is -2.07. The van der Waals surface area contributed by atoms with Crippen LogP contribution in [-0.4, -0.2) is 26.5 Å². The predicted molar refractivity (Wildman–Crippen MR) is 75.4 cm³/mol. The quantitative estimate of drug-likeness (QED) is 0.824. The smallest absolute Gasteiger partial charge is 0.129 e. The molecule has 0 saturated carbocycles. The van der Waals surface area contributed by atoms with Crippen LogP contribution < -0.4 is 5.32 Å². The van der Waals surface area contributed by atoms with Crippen LogP contribution in [-0.2, 0) is 13.1 Å². The molecule has 2 heterocycles. The van der Waals surface area contributed by atoms with Crippen LogP contribution in [0.5, 0.6) is 0 Å². The number of aryl methyl sites for hydroxylation is 1. The molecule has 6 heteroatoms. The van der Waals surface area contributed by atoms with E-state index in [0.717, 1.165) is 22.6 Å². The summed E-state index contributed by atoms with van der Waals surface area (Å²) in [5, 5.41) is 17.2. The molecular weight excluding hydrogens is 264 g/mol. The van der Waals surface area contributed by atoms with Gasteiger partial charge in [0.15, 0.2) is 0 Å². The standard InChI is InChI=1S/C13H17ClN4O/c1-9-12(10(2)18(17-9)5-6-19)8-15-11-3-4-13(14)16-7-11/h3-4,7,15,19H,5-6,8H2,1-2H3. The number of nitrogens with zero attached hydrogens (tertiary/aromatic N) is 3. The molecule has 0 amide bonds. The molecule has 0 aromatic carbocycles. The zero-order chi connectivity index (χ0) is 13.8. The monoisotopic (exact) mass is 280 g/mol. The van der Waals surface area contributed by atoms with Crippen molar-refractivity contribution < 1.29 is 5.11 Å². The highest BCUT2D eigenvalue weighted by Crippen LogP contribution is 2.16. The van der Waals surface area contributed by atoms with Gasteiger partial charge in [-0.2, -0.15) is 5.10 Å². The Morgan fingerprint density at radius 3 is 2.79 bits per heavy atom. The van der Waals surface area contributed by atoms with Gasteiger partial charge in [0.1, 0.15) is 5.15 Å². The summed E-state index contributed by atoms with van der Waals surface area (Å²) in [7, 11) is 0. The molecule has 0 aliphatic carbocycles. The second-order valence-electron chi connectivity index (χ2n) is 4.32. The molecule has 5 nitrogen and oxygen atoms in total. The van der Waals surface area contributed by atoms with Gasteiger partial charge in [-0.05, 0) is 26.0 Å². The molecule has 0 saturated heterocycles. The Balaban J connectivity index is 2.09. The molecule has 0 aliphatic heterocycles. The highest BCUT2D eigenvalue weighted by Gasteiger charge is 2.10. The van der Waals surface area contributed by atoms with Crippen LogP contribution in [0.2, 0.25) is 5.15 Å². The van der Waals surface area contributed by atoms with Crippen molar-refractivity contribution in [2.24, 2.45) is 0 Å². The third-order valence-electron chi connectivity index (χ3n) is 3.04. The van der Waals surface area contributed by atoms with Crippen molar-refractivity contribution in [3.63, 3.8) is 0 Å². The SMILES string of the molecule is Cc1nn(CCO)c(C)c1CNc1ccc(Cl)nc1. The maximum Gasteiger partial charge on any atom is 0.129 e. The largest absolute Gasteiger partial charge is 0.394 e. The highest BCUT2D eigenvalue weighted by atomic mass is 35.5. The van der Waals surface area contributed by atoms with Gasteiger partial charge in [0.05, 0.1) is 30.7 Å². The molecule has 0 radical (unpaired) electrons. The number of hydrogen-bond acceptors (Lipinski definition) is 4. The van der Waals surface area contributed by atoms with Crippen LogP contribution in [0.3, 0.4) is 0 Å². The number of rotatable bonds is 5. The van der Waals surface area contributed by atoms with Crippen molar-refractivity contribution in [2.75, 3.05) is 11.9 Å². The Bertz CT molecular complexity index is 551. The van der Waals surface area contributed by atoms with Crippen LogP contribution in [0.1, 0.15) is 17.0 Å². The van der Waals surface area contributed by atoms with E-state index in [-0.39, 0.29) is 6.61 Å². The van der Waals surface area contributed by atoms with Gasteiger partial charge in [-0.1, -0.05) is 11.6 Å². The van der Waals surface area contributed by atoms with Gasteiger partial charge in [0.2, 0.25) is 0 Å². The number of aromatic nitrogens is 3. The van der Waals surface area contributed by atoms with Gasteiger partial charge in [-0.15, -0.1) is 0 Å². The number of pyridine rings is 1. The summed E-state index contributed by atoms with van der Waals surface area (Å²) in [6, 6.07) is 3.64. The molecule has 0 bridgehead atoms. The molecule has 0 spiro atoms. The van der Waals surface area contributed by atoms with Crippen LogP contribution in [0, 0.1) is 13.8 Å². The first-order chi connectivity index (χ1) is 9.11. The van der Waals surface area contributed by atoms with Crippen LogP contribution in [0.25, 0.3) is 0 Å². The van der Waals surface area contributed by atoms with E-state index < -0.39 is 0 Å². The summed E-state index contributed by atoms with van der Waals surface area (Å²) >= 11 is 5.74. The van der Waals surface area contributed by atoms with E-state index in [1.807, 2.05) is 24.6 Å². The summed E-state index contributed by atoms with van der Waals surface area (Å²) < 4.78 is 1.83. The number of nitrogens with one attached hydrogen (secondary N) is 1. The van der Waals surface area contributed by atoms with Crippen LogP contribution >= 0.6 is 11.6 Å². The normalized spacial score (nSPS) is 10.7.